The second kappa shape index (κ2) is 2.82. The van der Waals surface area contributed by atoms with E-state index in [9.17, 15) is 0 Å². The lowest BCUT2D eigenvalue weighted by Gasteiger charge is -1.72. The van der Waals surface area contributed by atoms with Gasteiger partial charge in [-0.05, 0) is 19.1 Å². The summed E-state index contributed by atoms with van der Waals surface area (Å²) in [7, 11) is 3.96. The Labute approximate surface area is 36.9 Å². The maximum atomic E-state index is 2.63. The second-order valence-corrected chi connectivity index (χ2v) is 3.00. The molecule has 2 heteroatoms. The zero-order chi connectivity index (χ0) is 4.28. The lowest BCUT2D eigenvalue weighted by Crippen LogP contribution is -1.64. The number of rotatable bonds is 0. The SMILES string of the molecule is CC(C)=PP. The summed E-state index contributed by atoms with van der Waals surface area (Å²) in [5.74, 6) is 0. The standard InChI is InChI=1S/C3H8P2/c1-3(2)5-4/h4H2,1-2H3. The largest absolute Gasteiger partial charge is 0.0844 e. The van der Waals surface area contributed by atoms with E-state index in [0.29, 0.717) is 0 Å². The van der Waals surface area contributed by atoms with Gasteiger partial charge in [0, 0.05) is 0 Å². The minimum Gasteiger partial charge on any atom is -0.0844 e. The van der Waals surface area contributed by atoms with Crippen LogP contribution in [0.15, 0.2) is 0 Å². The van der Waals surface area contributed by atoms with Gasteiger partial charge in [-0.1, -0.05) is 16.8 Å². The summed E-state index contributed by atoms with van der Waals surface area (Å²) in [6.45, 7) is 4.21. The highest BCUT2D eigenvalue weighted by Gasteiger charge is 1.61. The van der Waals surface area contributed by atoms with E-state index < -0.39 is 0 Å². The van der Waals surface area contributed by atoms with Crippen molar-refractivity contribution in [3.63, 3.8) is 0 Å². The lowest BCUT2D eigenvalue weighted by molar-refractivity contribution is 1.85. The fraction of sp³-hybridized carbons (Fsp3) is 0.667. The maximum Gasteiger partial charge on any atom is -0.0395 e. The van der Waals surface area contributed by atoms with E-state index in [0.717, 1.165) is 0 Å². The Hall–Kier alpha value is 0.600. The van der Waals surface area contributed by atoms with Crippen LogP contribution in [0.3, 0.4) is 0 Å². The second-order valence-electron chi connectivity index (χ2n) is 1.08. The Morgan fingerprint density at radius 3 is 1.80 bits per heavy atom. The summed E-state index contributed by atoms with van der Waals surface area (Å²) in [6, 6.07) is 0. The molecule has 0 N–H and O–H groups in total. The molecular formula is C3H8P2. The van der Waals surface area contributed by atoms with Crippen molar-refractivity contribution < 1.29 is 0 Å². The molecule has 0 nitrogen and oxygen atoms in total. The average molecular weight is 106 g/mol. The van der Waals surface area contributed by atoms with Gasteiger partial charge < -0.3 is 0 Å². The molecular weight excluding hydrogens is 98.0 g/mol. The van der Waals surface area contributed by atoms with Crippen LogP contribution in [0.2, 0.25) is 0 Å². The van der Waals surface area contributed by atoms with Crippen LogP contribution in [-0.2, 0) is 0 Å². The first-order chi connectivity index (χ1) is 2.27. The highest BCUT2D eigenvalue weighted by Crippen LogP contribution is 2.07. The van der Waals surface area contributed by atoms with Crippen molar-refractivity contribution >= 4 is 22.1 Å². The van der Waals surface area contributed by atoms with E-state index in [4.69, 9.17) is 0 Å². The Morgan fingerprint density at radius 2 is 1.80 bits per heavy atom. The Kier molecular flexibility index (Phi) is 3.16. The molecule has 0 radical (unpaired) electrons. The van der Waals surface area contributed by atoms with E-state index >= 15 is 0 Å². The molecule has 1 unspecified atom stereocenters. The molecule has 0 aliphatic carbocycles. The molecule has 0 saturated heterocycles. The van der Waals surface area contributed by atoms with E-state index in [1.165, 1.54) is 13.2 Å². The monoisotopic (exact) mass is 106 g/mol. The first-order valence-electron chi connectivity index (χ1n) is 1.48. The molecule has 0 aromatic heterocycles. The average Bonchev–Trinajstić information content (AvgIpc) is 1.38. The molecule has 0 saturated carbocycles. The third kappa shape index (κ3) is 4.60. The molecule has 5 heavy (non-hydrogen) atoms. The van der Waals surface area contributed by atoms with Gasteiger partial charge in [0.25, 0.3) is 0 Å². The van der Waals surface area contributed by atoms with Gasteiger partial charge in [-0.15, -0.1) is 0 Å². The van der Waals surface area contributed by atoms with Crippen LogP contribution in [-0.4, -0.2) is 5.29 Å². The Bertz CT molecular complexity index is 42.9. The summed E-state index contributed by atoms with van der Waals surface area (Å²) in [5, 5.41) is 1.44. The van der Waals surface area contributed by atoms with Crippen molar-refractivity contribution in [2.75, 3.05) is 0 Å². The first-order valence-corrected chi connectivity index (χ1v) is 3.99. The highest BCUT2D eigenvalue weighted by molar-refractivity contribution is 8.02. The molecule has 0 aliphatic rings. The van der Waals surface area contributed by atoms with E-state index in [2.05, 4.69) is 22.8 Å². The van der Waals surface area contributed by atoms with Gasteiger partial charge in [0.15, 0.2) is 0 Å². The molecule has 0 aliphatic heterocycles. The zero-order valence-electron chi connectivity index (χ0n) is 3.52. The molecule has 30 valence electrons. The molecule has 0 fully saturated rings. The zero-order valence-corrected chi connectivity index (χ0v) is 5.57. The highest BCUT2D eigenvalue weighted by atomic mass is 32.0. The van der Waals surface area contributed by atoms with Gasteiger partial charge in [0.1, 0.15) is 0 Å². The van der Waals surface area contributed by atoms with Gasteiger partial charge in [-0.3, -0.25) is 0 Å². The van der Waals surface area contributed by atoms with Gasteiger partial charge in [-0.25, -0.2) is 0 Å². The number of hydrogen-bond donors (Lipinski definition) is 0. The van der Waals surface area contributed by atoms with Crippen LogP contribution < -0.4 is 0 Å². The van der Waals surface area contributed by atoms with Crippen molar-refractivity contribution in [1.82, 2.24) is 0 Å². The third-order valence-electron chi connectivity index (χ3n) is 0.258. The van der Waals surface area contributed by atoms with Crippen molar-refractivity contribution in [1.29, 1.82) is 0 Å². The quantitative estimate of drug-likeness (QED) is 0.414. The molecule has 0 aromatic carbocycles. The predicted octanol–water partition coefficient (Wildman–Crippen LogP) is 1.93. The summed E-state index contributed by atoms with van der Waals surface area (Å²) in [6.07, 6.45) is 0. The van der Waals surface area contributed by atoms with Crippen LogP contribution in [0.1, 0.15) is 13.8 Å². The molecule has 0 amide bonds. The molecule has 0 spiro atoms. The van der Waals surface area contributed by atoms with Crippen LogP contribution in [0.25, 0.3) is 0 Å². The van der Waals surface area contributed by atoms with Crippen molar-refractivity contribution in [2.24, 2.45) is 0 Å². The van der Waals surface area contributed by atoms with Gasteiger partial charge >= 0.3 is 0 Å². The Balaban J connectivity index is 3.14. The normalized spacial score (nSPS) is 8.60. The van der Waals surface area contributed by atoms with Crippen molar-refractivity contribution in [2.45, 2.75) is 13.8 Å². The minimum absolute atomic E-state index is 1.33. The van der Waals surface area contributed by atoms with Gasteiger partial charge in [0.2, 0.25) is 0 Å². The Morgan fingerprint density at radius 1 is 1.60 bits per heavy atom. The fourth-order valence-corrected chi connectivity index (χ4v) is 0. The van der Waals surface area contributed by atoms with E-state index in [1.807, 2.05) is 0 Å². The summed E-state index contributed by atoms with van der Waals surface area (Å²) >= 11 is 0. The maximum absolute atomic E-state index is 2.63. The van der Waals surface area contributed by atoms with E-state index in [-0.39, 0.29) is 0 Å². The van der Waals surface area contributed by atoms with Crippen molar-refractivity contribution in [3.8, 4) is 0 Å². The smallest absolute Gasteiger partial charge is 0.0395 e. The minimum atomic E-state index is 1.33. The van der Waals surface area contributed by atoms with Gasteiger partial charge in [0.05, 0.1) is 0 Å². The van der Waals surface area contributed by atoms with Crippen LogP contribution in [0.4, 0.5) is 0 Å². The molecule has 0 aromatic rings. The molecule has 0 heterocycles. The summed E-state index contributed by atoms with van der Waals surface area (Å²) < 4.78 is 0. The summed E-state index contributed by atoms with van der Waals surface area (Å²) in [4.78, 5) is 0. The van der Waals surface area contributed by atoms with Crippen LogP contribution >= 0.6 is 16.8 Å². The third-order valence-corrected chi connectivity index (χ3v) is 2.32. The molecule has 0 bridgehead atoms. The fourth-order valence-electron chi connectivity index (χ4n) is 0. The number of hydrogen-bond acceptors (Lipinski definition) is 0. The first kappa shape index (κ1) is 5.60. The predicted molar refractivity (Wildman–Crippen MR) is 33.0 cm³/mol. The van der Waals surface area contributed by atoms with Crippen molar-refractivity contribution in [3.05, 3.63) is 0 Å². The molecule has 0 rings (SSSR count). The van der Waals surface area contributed by atoms with E-state index in [1.54, 1.807) is 0 Å². The topological polar surface area (TPSA) is 0 Å². The summed E-state index contributed by atoms with van der Waals surface area (Å²) in [5.41, 5.74) is 0. The molecule has 1 atom stereocenters. The lowest BCUT2D eigenvalue weighted by atomic mass is 10.6. The van der Waals surface area contributed by atoms with Crippen LogP contribution in [0.5, 0.6) is 0 Å². The van der Waals surface area contributed by atoms with Crippen LogP contribution in [0, 0.1) is 0 Å². The van der Waals surface area contributed by atoms with Gasteiger partial charge in [-0.2, -0.15) is 0 Å².